The molecular weight excluding hydrogens is 308 g/mol. The second kappa shape index (κ2) is 6.96. The van der Waals surface area contributed by atoms with Crippen LogP contribution in [0.3, 0.4) is 0 Å². The summed E-state index contributed by atoms with van der Waals surface area (Å²) in [5.74, 6) is -0.446. The lowest BCUT2D eigenvalue weighted by Gasteiger charge is -2.41. The highest BCUT2D eigenvalue weighted by atomic mass is 28.4. The van der Waals surface area contributed by atoms with Crippen LogP contribution in [-0.2, 0) is 13.9 Å². The molecule has 2 rings (SSSR count). The summed E-state index contributed by atoms with van der Waals surface area (Å²) in [5, 5.41) is 10.5. The summed E-state index contributed by atoms with van der Waals surface area (Å²) in [6, 6.07) is 0. The topological polar surface area (TPSA) is 47.9 Å². The van der Waals surface area contributed by atoms with Crippen LogP contribution in [0, 0.1) is 0 Å². The van der Waals surface area contributed by atoms with Crippen LogP contribution in [0.25, 0.3) is 0 Å². The molecule has 2 aliphatic rings. The number of hydrogen-bond acceptors (Lipinski definition) is 4. The van der Waals surface area contributed by atoms with Gasteiger partial charge in [0.15, 0.2) is 14.1 Å². The largest absolute Gasteiger partial charge is 0.408 e. The maximum absolute atomic E-state index is 10.4. The van der Waals surface area contributed by atoms with Gasteiger partial charge in [-0.2, -0.15) is 0 Å². The van der Waals surface area contributed by atoms with Crippen LogP contribution in [-0.4, -0.2) is 44.1 Å². The molecule has 0 aromatic rings. The van der Waals surface area contributed by atoms with Crippen LogP contribution in [0.1, 0.15) is 52.9 Å². The van der Waals surface area contributed by atoms with Crippen LogP contribution in [0.4, 0.5) is 0 Å². The van der Waals surface area contributed by atoms with Crippen LogP contribution >= 0.6 is 0 Å². The normalized spacial score (nSPS) is 27.8. The van der Waals surface area contributed by atoms with Crippen LogP contribution in [0.5, 0.6) is 0 Å². The summed E-state index contributed by atoms with van der Waals surface area (Å²) in [6.07, 6.45) is 5.60. The Morgan fingerprint density at radius 3 is 2.39 bits per heavy atom. The van der Waals surface area contributed by atoms with Crippen molar-refractivity contribution in [3.8, 4) is 0 Å². The van der Waals surface area contributed by atoms with E-state index in [1.54, 1.807) is 6.08 Å². The molecule has 5 heteroatoms. The second-order valence-corrected chi connectivity index (χ2v) is 13.3. The molecule has 1 N–H and O–H groups in total. The third-order valence-corrected chi connectivity index (χ3v) is 10.1. The molecule has 1 saturated carbocycles. The van der Waals surface area contributed by atoms with Crippen molar-refractivity contribution in [3.63, 3.8) is 0 Å². The van der Waals surface area contributed by atoms with Gasteiger partial charge in [-0.25, -0.2) is 0 Å². The summed E-state index contributed by atoms with van der Waals surface area (Å²) in [5.41, 5.74) is 0. The maximum Gasteiger partial charge on any atom is 0.192 e. The van der Waals surface area contributed by atoms with Crippen molar-refractivity contribution < 1.29 is 19.0 Å². The van der Waals surface area contributed by atoms with Gasteiger partial charge in [-0.05, 0) is 31.0 Å². The lowest BCUT2D eigenvalue weighted by molar-refractivity contribution is -0.198. The quantitative estimate of drug-likeness (QED) is 0.606. The lowest BCUT2D eigenvalue weighted by Crippen LogP contribution is -2.52. The average molecular weight is 343 g/mol. The van der Waals surface area contributed by atoms with E-state index in [0.29, 0.717) is 6.61 Å². The van der Waals surface area contributed by atoms with Crippen molar-refractivity contribution in [1.82, 2.24) is 0 Å². The second-order valence-electron chi connectivity index (χ2n) is 8.51. The fraction of sp³-hybridized carbons (Fsp3) is 0.889. The van der Waals surface area contributed by atoms with Gasteiger partial charge < -0.3 is 19.0 Å². The molecule has 0 bridgehead atoms. The summed E-state index contributed by atoms with van der Waals surface area (Å²) in [7, 11) is -2.02. The fourth-order valence-corrected chi connectivity index (χ4v) is 4.43. The minimum Gasteiger partial charge on any atom is -0.408 e. The van der Waals surface area contributed by atoms with Crippen molar-refractivity contribution in [2.45, 2.75) is 95.1 Å². The molecule has 0 amide bonds. The Kier molecular flexibility index (Phi) is 5.79. The third-order valence-electron chi connectivity index (χ3n) is 5.67. The standard InChI is InChI=1S/C18H34O4Si/c1-7-14(19)16(22-23(5,6)17(2,3)4)15-13-20-18(21-15)11-9-8-10-12-18/h7,14-16,19H,1,8-13H2,2-6H3/t14-,15+,16-/m0/s1. The molecule has 1 heterocycles. The van der Waals surface area contributed by atoms with Crippen LogP contribution in [0.15, 0.2) is 12.7 Å². The van der Waals surface area contributed by atoms with E-state index in [-0.39, 0.29) is 11.1 Å². The van der Waals surface area contributed by atoms with E-state index in [1.165, 1.54) is 6.42 Å². The molecule has 3 atom stereocenters. The van der Waals surface area contributed by atoms with Crippen molar-refractivity contribution >= 4 is 8.32 Å². The number of rotatable bonds is 5. The van der Waals surface area contributed by atoms with E-state index < -0.39 is 26.3 Å². The van der Waals surface area contributed by atoms with Crippen LogP contribution in [0.2, 0.25) is 18.1 Å². The van der Waals surface area contributed by atoms with Crippen molar-refractivity contribution in [1.29, 1.82) is 0 Å². The molecule has 0 aromatic carbocycles. The van der Waals surface area contributed by atoms with Gasteiger partial charge in [-0.15, -0.1) is 6.58 Å². The summed E-state index contributed by atoms with van der Waals surface area (Å²) < 4.78 is 18.8. The van der Waals surface area contributed by atoms with Crippen molar-refractivity contribution in [2.75, 3.05) is 6.61 Å². The molecule has 0 radical (unpaired) electrons. The van der Waals surface area contributed by atoms with Gasteiger partial charge in [0.25, 0.3) is 0 Å². The van der Waals surface area contributed by atoms with Crippen molar-refractivity contribution in [3.05, 3.63) is 12.7 Å². The van der Waals surface area contributed by atoms with E-state index >= 15 is 0 Å². The van der Waals surface area contributed by atoms with Gasteiger partial charge in [-0.3, -0.25) is 0 Å². The van der Waals surface area contributed by atoms with E-state index in [4.69, 9.17) is 13.9 Å². The first-order chi connectivity index (χ1) is 10.6. The molecule has 0 aromatic heterocycles. The molecule has 134 valence electrons. The Labute approximate surface area is 142 Å². The van der Waals surface area contributed by atoms with E-state index in [2.05, 4.69) is 40.4 Å². The van der Waals surface area contributed by atoms with Crippen molar-refractivity contribution in [2.24, 2.45) is 0 Å². The summed E-state index contributed by atoms with van der Waals surface area (Å²) >= 11 is 0. The minimum atomic E-state index is -2.02. The third kappa shape index (κ3) is 4.26. The molecule has 0 unspecified atom stereocenters. The highest BCUT2D eigenvalue weighted by molar-refractivity contribution is 6.74. The predicted molar refractivity (Wildman–Crippen MR) is 94.9 cm³/mol. The van der Waals surface area contributed by atoms with Gasteiger partial charge in [0.2, 0.25) is 0 Å². The zero-order chi connectivity index (χ0) is 17.3. The van der Waals surface area contributed by atoms with E-state index in [1.807, 2.05) is 0 Å². The Balaban J connectivity index is 2.12. The van der Waals surface area contributed by atoms with Gasteiger partial charge in [-0.1, -0.05) is 33.3 Å². The first-order valence-electron chi connectivity index (χ1n) is 8.90. The molecule has 1 aliphatic heterocycles. The Hall–Kier alpha value is -0.203. The van der Waals surface area contributed by atoms with E-state index in [0.717, 1.165) is 25.7 Å². The van der Waals surface area contributed by atoms with E-state index in [9.17, 15) is 5.11 Å². The summed E-state index contributed by atoms with van der Waals surface area (Å²) in [4.78, 5) is 0. The molecule has 2 fully saturated rings. The fourth-order valence-electron chi connectivity index (χ4n) is 3.11. The monoisotopic (exact) mass is 342 g/mol. The van der Waals surface area contributed by atoms with Crippen LogP contribution < -0.4 is 0 Å². The van der Waals surface area contributed by atoms with Gasteiger partial charge in [0.05, 0.1) is 12.7 Å². The minimum absolute atomic E-state index is 0.0775. The highest BCUT2D eigenvalue weighted by Crippen LogP contribution is 2.42. The molecule has 1 aliphatic carbocycles. The first kappa shape index (κ1) is 19.1. The average Bonchev–Trinajstić information content (AvgIpc) is 2.87. The highest BCUT2D eigenvalue weighted by Gasteiger charge is 2.49. The molecule has 4 nitrogen and oxygen atoms in total. The maximum atomic E-state index is 10.4. The Morgan fingerprint density at radius 2 is 1.87 bits per heavy atom. The zero-order valence-electron chi connectivity index (χ0n) is 15.4. The molecule has 1 saturated heterocycles. The number of aliphatic hydroxyl groups excluding tert-OH is 1. The van der Waals surface area contributed by atoms with Gasteiger partial charge in [0.1, 0.15) is 12.2 Å². The first-order valence-corrected chi connectivity index (χ1v) is 11.8. The Bertz CT molecular complexity index is 410. The molecule has 1 spiro atoms. The number of aliphatic hydroxyl groups is 1. The zero-order valence-corrected chi connectivity index (χ0v) is 16.4. The smallest absolute Gasteiger partial charge is 0.192 e. The van der Waals surface area contributed by atoms with Gasteiger partial charge in [0, 0.05) is 12.8 Å². The number of ether oxygens (including phenoxy) is 2. The Morgan fingerprint density at radius 1 is 1.26 bits per heavy atom. The SMILES string of the molecule is C=C[C@H](O)[C@H](O[Si](C)(C)C(C)(C)C)[C@H]1COC2(CCCCC2)O1. The predicted octanol–water partition coefficient (Wildman–Crippen LogP) is 4.00. The lowest BCUT2D eigenvalue weighted by atomic mass is 9.94. The number of hydrogen-bond donors (Lipinski definition) is 1. The summed E-state index contributed by atoms with van der Waals surface area (Å²) in [6.45, 7) is 15.2. The molecule has 23 heavy (non-hydrogen) atoms. The molecular formula is C18H34O4Si. The van der Waals surface area contributed by atoms with Gasteiger partial charge >= 0.3 is 0 Å².